The van der Waals surface area contributed by atoms with Gasteiger partial charge in [0.05, 0.1) is 18.1 Å². The molecule has 0 aromatic carbocycles. The summed E-state index contributed by atoms with van der Waals surface area (Å²) in [6.07, 6.45) is -0.286. The predicted octanol–water partition coefficient (Wildman–Crippen LogP) is -2.05. The molecule has 3 atom stereocenters. The van der Waals surface area contributed by atoms with Crippen LogP contribution in [0.5, 0.6) is 0 Å². The fraction of sp³-hybridized carbons (Fsp3) is 0.778. The second-order valence-corrected chi connectivity index (χ2v) is 3.88. The third kappa shape index (κ3) is 3.29. The van der Waals surface area contributed by atoms with E-state index < -0.39 is 36.6 Å². The van der Waals surface area contributed by atoms with Crippen molar-refractivity contribution in [1.82, 2.24) is 9.80 Å². The highest BCUT2D eigenvalue weighted by Gasteiger charge is 2.34. The molecule has 1 rings (SSSR count). The first-order valence-corrected chi connectivity index (χ1v) is 5.32. The predicted molar refractivity (Wildman–Crippen MR) is 59.4 cm³/mol. The van der Waals surface area contributed by atoms with Crippen molar-refractivity contribution >= 4 is 0 Å². The molecule has 104 valence electrons. The Morgan fingerprint density at radius 2 is 2.11 bits per heavy atom. The summed E-state index contributed by atoms with van der Waals surface area (Å²) in [7, 11) is 1.55. The van der Waals surface area contributed by atoms with Crippen molar-refractivity contribution < 1.29 is 25.0 Å². The van der Waals surface area contributed by atoms with E-state index >= 15 is 0 Å². The number of nitrogens with zero attached hydrogens (tertiary/aromatic N) is 3. The Balaban J connectivity index is 2.52. The monoisotopic (exact) mass is 263 g/mol. The highest BCUT2D eigenvalue weighted by molar-refractivity contribution is 4.90. The zero-order valence-electron chi connectivity index (χ0n) is 9.92. The minimum atomic E-state index is -1.23. The molecule has 0 amide bonds. The van der Waals surface area contributed by atoms with Crippen LogP contribution in [0.2, 0.25) is 0 Å². The molecule has 0 bridgehead atoms. The highest BCUT2D eigenvalue weighted by Crippen LogP contribution is 2.14. The van der Waals surface area contributed by atoms with Gasteiger partial charge in [-0.25, -0.2) is 0 Å². The number of nitro groups is 1. The van der Waals surface area contributed by atoms with E-state index in [1.54, 1.807) is 7.05 Å². The van der Waals surface area contributed by atoms with Crippen molar-refractivity contribution in [3.63, 3.8) is 0 Å². The van der Waals surface area contributed by atoms with Crippen LogP contribution in [0.3, 0.4) is 0 Å². The van der Waals surface area contributed by atoms with Gasteiger partial charge in [0.25, 0.3) is 0 Å². The number of hydrogen-bond donors (Lipinski definition) is 3. The van der Waals surface area contributed by atoms with Gasteiger partial charge in [0.15, 0.2) is 0 Å². The van der Waals surface area contributed by atoms with Gasteiger partial charge in [0, 0.05) is 19.4 Å². The zero-order chi connectivity index (χ0) is 13.7. The minimum Gasteiger partial charge on any atom is -0.394 e. The quantitative estimate of drug-likeness (QED) is 0.355. The van der Waals surface area contributed by atoms with E-state index in [4.69, 9.17) is 14.9 Å². The van der Waals surface area contributed by atoms with Crippen LogP contribution >= 0.6 is 0 Å². The SMILES string of the molecule is CN1C=CN(COC(CO)C(O)CO)C1[N+](=O)[O-]. The largest absolute Gasteiger partial charge is 0.394 e. The second kappa shape index (κ2) is 6.50. The molecular weight excluding hydrogens is 246 g/mol. The van der Waals surface area contributed by atoms with Gasteiger partial charge in [0.1, 0.15) is 18.9 Å². The van der Waals surface area contributed by atoms with Crippen LogP contribution in [-0.2, 0) is 4.74 Å². The van der Waals surface area contributed by atoms with Crippen molar-refractivity contribution in [3.05, 3.63) is 22.5 Å². The Labute approximate surface area is 104 Å². The summed E-state index contributed by atoms with van der Waals surface area (Å²) in [4.78, 5) is 13.0. The Bertz CT molecular complexity index is 313. The Hall–Kier alpha value is -1.42. The fourth-order valence-electron chi connectivity index (χ4n) is 1.54. The molecule has 0 aromatic rings. The number of ether oxygens (including phenoxy) is 1. The Morgan fingerprint density at radius 3 is 2.61 bits per heavy atom. The molecule has 0 fully saturated rings. The topological polar surface area (TPSA) is 120 Å². The lowest BCUT2D eigenvalue weighted by atomic mass is 10.2. The first-order chi connectivity index (χ1) is 8.51. The molecule has 0 radical (unpaired) electrons. The molecule has 0 aromatic heterocycles. The lowest BCUT2D eigenvalue weighted by molar-refractivity contribution is -0.570. The van der Waals surface area contributed by atoms with Crippen LogP contribution in [0.25, 0.3) is 0 Å². The van der Waals surface area contributed by atoms with E-state index in [9.17, 15) is 15.2 Å². The molecule has 0 aliphatic carbocycles. The van der Waals surface area contributed by atoms with E-state index in [-0.39, 0.29) is 6.73 Å². The van der Waals surface area contributed by atoms with Crippen LogP contribution in [0.4, 0.5) is 0 Å². The lowest BCUT2D eigenvalue weighted by Crippen LogP contribution is -2.46. The molecule has 9 heteroatoms. The molecule has 3 N–H and O–H groups in total. The van der Waals surface area contributed by atoms with Crippen LogP contribution < -0.4 is 0 Å². The highest BCUT2D eigenvalue weighted by atomic mass is 16.6. The van der Waals surface area contributed by atoms with E-state index in [1.165, 1.54) is 22.2 Å². The molecule has 18 heavy (non-hydrogen) atoms. The van der Waals surface area contributed by atoms with E-state index in [1.807, 2.05) is 0 Å². The fourth-order valence-corrected chi connectivity index (χ4v) is 1.54. The second-order valence-electron chi connectivity index (χ2n) is 3.88. The molecule has 3 unspecified atom stereocenters. The summed E-state index contributed by atoms with van der Waals surface area (Å²) in [5.41, 5.74) is 0. The average Bonchev–Trinajstić information content (AvgIpc) is 2.71. The number of hydrogen-bond acceptors (Lipinski definition) is 8. The normalized spacial score (nSPS) is 22.3. The first kappa shape index (κ1) is 14.6. The van der Waals surface area contributed by atoms with Crippen molar-refractivity contribution in [2.45, 2.75) is 18.5 Å². The zero-order valence-corrected chi connectivity index (χ0v) is 9.92. The van der Waals surface area contributed by atoms with Gasteiger partial charge in [0.2, 0.25) is 0 Å². The summed E-state index contributed by atoms with van der Waals surface area (Å²) < 4.78 is 5.14. The number of aliphatic hydroxyl groups is 3. The third-order valence-corrected chi connectivity index (χ3v) is 2.58. The van der Waals surface area contributed by atoms with Crippen LogP contribution in [0.15, 0.2) is 12.4 Å². The molecule has 1 aliphatic heterocycles. The maximum atomic E-state index is 10.8. The Kier molecular flexibility index (Phi) is 5.28. The van der Waals surface area contributed by atoms with Gasteiger partial charge in [-0.15, -0.1) is 0 Å². The van der Waals surface area contributed by atoms with Crippen LogP contribution in [-0.4, -0.2) is 75.5 Å². The van der Waals surface area contributed by atoms with Crippen molar-refractivity contribution in [2.75, 3.05) is 27.0 Å². The summed E-state index contributed by atoms with van der Waals surface area (Å²) >= 11 is 0. The van der Waals surface area contributed by atoms with E-state index in [0.717, 1.165) is 0 Å². The van der Waals surface area contributed by atoms with Crippen LogP contribution in [0, 0.1) is 10.1 Å². The average molecular weight is 263 g/mol. The summed E-state index contributed by atoms with van der Waals surface area (Å²) in [5.74, 6) is 0. The molecule has 0 spiro atoms. The molecule has 0 saturated heterocycles. The number of rotatable bonds is 7. The molecule has 0 saturated carbocycles. The molecular formula is C9H17N3O6. The molecule has 9 nitrogen and oxygen atoms in total. The Morgan fingerprint density at radius 1 is 1.44 bits per heavy atom. The summed E-state index contributed by atoms with van der Waals surface area (Å²) in [6.45, 7) is -1.22. The summed E-state index contributed by atoms with van der Waals surface area (Å²) in [6, 6.07) is 0. The van der Waals surface area contributed by atoms with Gasteiger partial charge in [-0.2, -0.15) is 0 Å². The van der Waals surface area contributed by atoms with Gasteiger partial charge in [-0.1, -0.05) is 0 Å². The molecule has 1 aliphatic rings. The van der Waals surface area contributed by atoms with Crippen molar-refractivity contribution in [2.24, 2.45) is 0 Å². The smallest absolute Gasteiger partial charge is 0.369 e. The third-order valence-electron chi connectivity index (χ3n) is 2.58. The maximum absolute atomic E-state index is 10.8. The maximum Gasteiger partial charge on any atom is 0.369 e. The number of aliphatic hydroxyl groups excluding tert-OH is 3. The van der Waals surface area contributed by atoms with Gasteiger partial charge >= 0.3 is 6.29 Å². The van der Waals surface area contributed by atoms with E-state index in [0.29, 0.717) is 0 Å². The van der Waals surface area contributed by atoms with Crippen molar-refractivity contribution in [1.29, 1.82) is 0 Å². The first-order valence-electron chi connectivity index (χ1n) is 5.32. The van der Waals surface area contributed by atoms with Crippen LogP contribution in [0.1, 0.15) is 0 Å². The van der Waals surface area contributed by atoms with Crippen molar-refractivity contribution in [3.8, 4) is 0 Å². The lowest BCUT2D eigenvalue weighted by Gasteiger charge is -2.26. The standard InChI is InChI=1S/C9H17N3O6/c1-10-2-3-11(9(10)12(16)17)6-18-8(5-14)7(15)4-13/h2-3,7-9,13-15H,4-6H2,1H3. The molecule has 1 heterocycles. The van der Waals surface area contributed by atoms with E-state index in [2.05, 4.69) is 0 Å². The summed E-state index contributed by atoms with van der Waals surface area (Å²) in [5, 5.41) is 37.8. The van der Waals surface area contributed by atoms with Gasteiger partial charge in [-0.05, 0) is 0 Å². The van der Waals surface area contributed by atoms with Gasteiger partial charge < -0.3 is 20.1 Å². The van der Waals surface area contributed by atoms with Gasteiger partial charge in [-0.3, -0.25) is 19.9 Å². The minimum absolute atomic E-state index is 0.172.